The second-order valence-corrected chi connectivity index (χ2v) is 9.60. The molecule has 0 unspecified atom stereocenters. The van der Waals surface area contributed by atoms with E-state index in [4.69, 9.17) is 22.1 Å². The molecule has 1 aromatic carbocycles. The molecule has 0 aliphatic carbocycles. The Morgan fingerprint density at radius 2 is 1.67 bits per heavy atom. The number of amides is 2. The minimum atomic E-state index is -1.07. The summed E-state index contributed by atoms with van der Waals surface area (Å²) in [5, 5.41) is 0. The lowest BCUT2D eigenvalue weighted by Gasteiger charge is -2.43. The van der Waals surface area contributed by atoms with E-state index in [1.54, 1.807) is 7.11 Å². The Bertz CT molecular complexity index is 757. The van der Waals surface area contributed by atoms with Gasteiger partial charge in [-0.05, 0) is 62.9 Å². The topological polar surface area (TPSA) is 79.1 Å². The molecule has 2 fully saturated rings. The highest BCUT2D eigenvalue weighted by Gasteiger charge is 2.48. The largest absolute Gasteiger partial charge is 0.383 e. The van der Waals surface area contributed by atoms with Crippen molar-refractivity contribution in [3.05, 3.63) is 29.8 Å². The van der Waals surface area contributed by atoms with Gasteiger partial charge in [-0.1, -0.05) is 18.6 Å². The molecule has 2 aliphatic rings. The number of anilines is 1. The molecule has 2 amide bonds. The van der Waals surface area contributed by atoms with Gasteiger partial charge in [-0.15, -0.1) is 11.6 Å². The molecule has 0 aromatic heterocycles. The molecule has 0 atom stereocenters. The number of carbonyl (C=O) groups excluding carboxylic acids is 2. The number of methoxy groups -OCH3 is 1. The van der Waals surface area contributed by atoms with Crippen LogP contribution in [0.15, 0.2) is 24.3 Å². The van der Waals surface area contributed by atoms with Crippen LogP contribution in [-0.2, 0) is 20.7 Å². The summed E-state index contributed by atoms with van der Waals surface area (Å²) in [4.78, 5) is 32.2. The molecule has 3 rings (SSSR count). The van der Waals surface area contributed by atoms with Crippen LogP contribution in [0, 0.1) is 5.41 Å². The first kappa shape index (κ1) is 25.8. The highest BCUT2D eigenvalue weighted by molar-refractivity contribution is 6.17. The fourth-order valence-electron chi connectivity index (χ4n) is 4.89. The van der Waals surface area contributed by atoms with Crippen molar-refractivity contribution < 1.29 is 14.3 Å². The summed E-state index contributed by atoms with van der Waals surface area (Å²) < 4.78 is 5.15. The number of alkyl halides is 1. The summed E-state index contributed by atoms with van der Waals surface area (Å²) in [5.74, 6) is 0.164. The molecule has 1 aromatic rings. The van der Waals surface area contributed by atoms with Gasteiger partial charge in [0.2, 0.25) is 11.8 Å². The maximum absolute atomic E-state index is 13.4. The number of nitrogens with two attached hydrogens (primary N) is 1. The van der Waals surface area contributed by atoms with Crippen LogP contribution in [0.25, 0.3) is 0 Å². The molecule has 2 aliphatic heterocycles. The van der Waals surface area contributed by atoms with Gasteiger partial charge in [0.15, 0.2) is 0 Å². The molecule has 0 bridgehead atoms. The summed E-state index contributed by atoms with van der Waals surface area (Å²) in [5.41, 5.74) is 7.25. The second kappa shape index (κ2) is 12.6. The first-order valence-corrected chi connectivity index (χ1v) is 12.7. The lowest BCUT2D eigenvalue weighted by Crippen LogP contribution is -2.59. The Labute approximate surface area is 203 Å². The molecule has 2 N–H and O–H groups in total. The number of likely N-dealkylation sites (tertiary alicyclic amines) is 1. The zero-order chi connectivity index (χ0) is 23.7. The summed E-state index contributed by atoms with van der Waals surface area (Å²) >= 11 is 5.75. The van der Waals surface area contributed by atoms with Crippen LogP contribution < -0.4 is 10.6 Å². The van der Waals surface area contributed by atoms with Crippen molar-refractivity contribution in [2.24, 2.45) is 11.1 Å². The van der Waals surface area contributed by atoms with Crippen LogP contribution in [0.1, 0.15) is 37.7 Å². The van der Waals surface area contributed by atoms with E-state index in [1.165, 1.54) is 24.1 Å². The third-order valence-corrected chi connectivity index (χ3v) is 7.44. The quantitative estimate of drug-likeness (QED) is 0.300. The number of piperidine rings is 1. The van der Waals surface area contributed by atoms with Crippen molar-refractivity contribution >= 4 is 29.1 Å². The minimum Gasteiger partial charge on any atom is -0.383 e. The van der Waals surface area contributed by atoms with Crippen LogP contribution in [0.3, 0.4) is 0 Å². The molecule has 184 valence electrons. The van der Waals surface area contributed by atoms with Gasteiger partial charge < -0.3 is 25.2 Å². The van der Waals surface area contributed by atoms with Crippen molar-refractivity contribution in [1.82, 2.24) is 9.80 Å². The molecule has 0 radical (unpaired) electrons. The number of carbonyl (C=O) groups is 2. The van der Waals surface area contributed by atoms with E-state index < -0.39 is 11.3 Å². The number of ether oxygens (including phenoxy) is 1. The fourth-order valence-corrected chi connectivity index (χ4v) is 5.08. The molecule has 2 heterocycles. The van der Waals surface area contributed by atoms with Gasteiger partial charge in [0.25, 0.3) is 0 Å². The van der Waals surface area contributed by atoms with E-state index in [1.807, 2.05) is 4.90 Å². The van der Waals surface area contributed by atoms with E-state index >= 15 is 0 Å². The summed E-state index contributed by atoms with van der Waals surface area (Å²) in [6.07, 6.45) is 5.45. The normalized spacial score (nSPS) is 19.0. The van der Waals surface area contributed by atoms with Crippen molar-refractivity contribution in [3.63, 3.8) is 0 Å². The predicted octanol–water partition coefficient (Wildman–Crippen LogP) is 2.50. The van der Waals surface area contributed by atoms with E-state index in [-0.39, 0.29) is 5.91 Å². The number of hydrogen-bond acceptors (Lipinski definition) is 5. The van der Waals surface area contributed by atoms with Crippen LogP contribution in [0.2, 0.25) is 0 Å². The second-order valence-electron chi connectivity index (χ2n) is 9.23. The van der Waals surface area contributed by atoms with Crippen molar-refractivity contribution in [1.29, 1.82) is 0 Å². The van der Waals surface area contributed by atoms with E-state index in [2.05, 4.69) is 34.1 Å². The summed E-state index contributed by atoms with van der Waals surface area (Å²) in [7, 11) is 1.68. The summed E-state index contributed by atoms with van der Waals surface area (Å²) in [6.45, 7) is 5.58. The number of piperazine rings is 1. The molecule has 0 spiro atoms. The zero-order valence-electron chi connectivity index (χ0n) is 19.9. The molecule has 7 nitrogen and oxygen atoms in total. The number of nitrogens with zero attached hydrogens (tertiary/aromatic N) is 3. The van der Waals surface area contributed by atoms with E-state index in [0.29, 0.717) is 45.6 Å². The van der Waals surface area contributed by atoms with Crippen molar-refractivity contribution in [2.75, 3.05) is 70.3 Å². The third kappa shape index (κ3) is 6.61. The fraction of sp³-hybridized carbons (Fsp3) is 0.680. The minimum absolute atomic E-state index is 0.0895. The molecule has 2 saturated heterocycles. The van der Waals surface area contributed by atoms with E-state index in [0.717, 1.165) is 38.4 Å². The van der Waals surface area contributed by atoms with Crippen molar-refractivity contribution in [2.45, 2.75) is 38.5 Å². The van der Waals surface area contributed by atoms with Crippen molar-refractivity contribution in [3.8, 4) is 0 Å². The average Bonchev–Trinajstić information content (AvgIpc) is 2.85. The first-order valence-electron chi connectivity index (χ1n) is 12.2. The zero-order valence-corrected chi connectivity index (χ0v) is 20.7. The van der Waals surface area contributed by atoms with E-state index in [9.17, 15) is 9.59 Å². The van der Waals surface area contributed by atoms with Gasteiger partial charge in [-0.2, -0.15) is 0 Å². The molecule has 8 heteroatoms. The van der Waals surface area contributed by atoms with Gasteiger partial charge >= 0.3 is 0 Å². The third-order valence-electron chi connectivity index (χ3n) is 7.17. The number of primary amides is 1. The van der Waals surface area contributed by atoms with Gasteiger partial charge in [0, 0.05) is 51.4 Å². The number of aryl methyl sites for hydroxylation is 1. The predicted molar refractivity (Wildman–Crippen MR) is 133 cm³/mol. The Morgan fingerprint density at radius 1 is 1.00 bits per heavy atom. The summed E-state index contributed by atoms with van der Waals surface area (Å²) in [6, 6.07) is 8.75. The van der Waals surface area contributed by atoms with Crippen LogP contribution >= 0.6 is 11.6 Å². The number of rotatable bonds is 11. The molecular formula is C25H39ClN4O3. The highest BCUT2D eigenvalue weighted by atomic mass is 35.5. The van der Waals surface area contributed by atoms with Gasteiger partial charge in [0.1, 0.15) is 5.41 Å². The number of hydrogen-bond donors (Lipinski definition) is 1. The molecular weight excluding hydrogens is 440 g/mol. The van der Waals surface area contributed by atoms with Gasteiger partial charge in [0.05, 0.1) is 6.61 Å². The maximum Gasteiger partial charge on any atom is 0.238 e. The van der Waals surface area contributed by atoms with Crippen LogP contribution in [-0.4, -0.2) is 87.0 Å². The molecule has 0 saturated carbocycles. The molecule has 33 heavy (non-hydrogen) atoms. The lowest BCUT2D eigenvalue weighted by atomic mass is 9.76. The van der Waals surface area contributed by atoms with Crippen LogP contribution in [0.5, 0.6) is 0 Å². The Balaban J connectivity index is 1.52. The highest BCUT2D eigenvalue weighted by Crippen LogP contribution is 2.34. The average molecular weight is 479 g/mol. The number of benzene rings is 1. The van der Waals surface area contributed by atoms with Gasteiger partial charge in [-0.3, -0.25) is 9.59 Å². The number of unbranched alkanes of at least 4 members (excludes halogenated alkanes) is 2. The Kier molecular flexibility index (Phi) is 9.83. The SMILES string of the molecule is COCCN1CCC(C(N)=O)(C(=O)N2CCN(c3ccc(CCCCCCl)cc3)CC2)CC1. The maximum atomic E-state index is 13.4. The Morgan fingerprint density at radius 3 is 2.24 bits per heavy atom. The standard InChI is InChI=1S/C25H39ClN4O3/c1-33-20-19-28-13-10-25(11-14-28,23(27)31)24(32)30-17-15-29(16-18-30)22-8-6-21(7-9-22)5-3-2-4-12-26/h6-9H,2-5,10-20H2,1H3,(H2,27,31). The van der Waals surface area contributed by atoms with Gasteiger partial charge in [-0.25, -0.2) is 0 Å². The number of halogens is 1. The smallest absolute Gasteiger partial charge is 0.238 e. The Hall–Kier alpha value is -1.83. The van der Waals surface area contributed by atoms with Crippen LogP contribution in [0.4, 0.5) is 5.69 Å². The monoisotopic (exact) mass is 478 g/mol. The lowest BCUT2D eigenvalue weighted by molar-refractivity contribution is -0.153. The first-order chi connectivity index (χ1) is 16.0.